The number of para-hydroxylation sites is 1. The third-order valence-corrected chi connectivity index (χ3v) is 4.86. The molecule has 8 nitrogen and oxygen atoms in total. The Morgan fingerprint density at radius 2 is 2.07 bits per heavy atom. The lowest BCUT2D eigenvalue weighted by Crippen LogP contribution is -2.21. The van der Waals surface area contributed by atoms with Crippen LogP contribution in [0.5, 0.6) is 0 Å². The van der Waals surface area contributed by atoms with Crippen molar-refractivity contribution < 1.29 is 14.1 Å². The highest BCUT2D eigenvalue weighted by molar-refractivity contribution is 7.13. The van der Waals surface area contributed by atoms with Crippen molar-refractivity contribution in [3.05, 3.63) is 86.9 Å². The maximum absolute atomic E-state index is 12.9. The fourth-order valence-corrected chi connectivity index (χ4v) is 3.25. The van der Waals surface area contributed by atoms with Crippen LogP contribution in [0.1, 0.15) is 15.9 Å². The number of nitro groups is 1. The van der Waals surface area contributed by atoms with Crippen LogP contribution in [0, 0.1) is 17.0 Å². The summed E-state index contributed by atoms with van der Waals surface area (Å²) < 4.78 is 5.86. The van der Waals surface area contributed by atoms with E-state index in [2.05, 4.69) is 15.3 Å². The zero-order chi connectivity index (χ0) is 20.4. The number of non-ortho nitro benzene ring substituents is 1. The Kier molecular flexibility index (Phi) is 4.88. The van der Waals surface area contributed by atoms with E-state index in [1.165, 1.54) is 35.6 Å². The summed E-state index contributed by atoms with van der Waals surface area (Å²) in [7, 11) is 0. The van der Waals surface area contributed by atoms with E-state index in [4.69, 9.17) is 4.42 Å². The Morgan fingerprint density at radius 3 is 2.79 bits per heavy atom. The highest BCUT2D eigenvalue weighted by Gasteiger charge is 2.16. The van der Waals surface area contributed by atoms with Crippen LogP contribution in [0.15, 0.2) is 69.5 Å². The zero-order valence-corrected chi connectivity index (χ0v) is 16.0. The number of anilines is 1. The van der Waals surface area contributed by atoms with E-state index in [0.29, 0.717) is 21.8 Å². The molecule has 0 unspecified atom stereocenters. The summed E-state index contributed by atoms with van der Waals surface area (Å²) in [6.07, 6.45) is 1.58. The Hall–Kier alpha value is -3.85. The standard InChI is InChI=1S/C20H14N4O4S/c1-12-4-2-3-5-16(12)22-19-15(18(25)23-20-21-8-9-29-20)11-13-10-14(24(26)27)6-7-17(13)28-19/h2-11H,1H3,(H,21,23,25). The maximum atomic E-state index is 12.9. The minimum Gasteiger partial charge on any atom is -0.438 e. The molecule has 0 saturated heterocycles. The number of carbonyl (C=O) groups excluding carboxylic acids is 1. The van der Waals surface area contributed by atoms with Crippen LogP contribution in [0.4, 0.5) is 16.5 Å². The molecule has 144 valence electrons. The number of thiazole rings is 1. The molecule has 1 N–H and O–H groups in total. The molecule has 2 aromatic carbocycles. The lowest BCUT2D eigenvalue weighted by atomic mass is 10.1. The predicted molar refractivity (Wildman–Crippen MR) is 109 cm³/mol. The van der Waals surface area contributed by atoms with E-state index in [0.717, 1.165) is 5.56 Å². The molecule has 0 radical (unpaired) electrons. The molecule has 4 rings (SSSR count). The van der Waals surface area contributed by atoms with Crippen molar-refractivity contribution in [3.8, 4) is 0 Å². The summed E-state index contributed by atoms with van der Waals surface area (Å²) in [5, 5.41) is 16.4. The van der Waals surface area contributed by atoms with Crippen molar-refractivity contribution >= 4 is 44.7 Å². The van der Waals surface area contributed by atoms with Gasteiger partial charge in [-0.1, -0.05) is 18.2 Å². The maximum Gasteiger partial charge on any atom is 0.270 e. The smallest absolute Gasteiger partial charge is 0.270 e. The van der Waals surface area contributed by atoms with Crippen molar-refractivity contribution in [1.29, 1.82) is 0 Å². The van der Waals surface area contributed by atoms with Gasteiger partial charge >= 0.3 is 0 Å². The molecular weight excluding hydrogens is 392 g/mol. The highest BCUT2D eigenvalue weighted by Crippen LogP contribution is 2.22. The molecule has 9 heteroatoms. The molecule has 0 aliphatic heterocycles. The summed E-state index contributed by atoms with van der Waals surface area (Å²) in [6.45, 7) is 1.90. The van der Waals surface area contributed by atoms with Gasteiger partial charge in [-0.25, -0.2) is 9.98 Å². The van der Waals surface area contributed by atoms with Gasteiger partial charge in [-0.15, -0.1) is 11.3 Å². The van der Waals surface area contributed by atoms with Crippen LogP contribution in [-0.4, -0.2) is 15.8 Å². The van der Waals surface area contributed by atoms with Gasteiger partial charge < -0.3 is 4.42 Å². The summed E-state index contributed by atoms with van der Waals surface area (Å²) in [4.78, 5) is 32.0. The van der Waals surface area contributed by atoms with Crippen molar-refractivity contribution in [2.24, 2.45) is 4.99 Å². The number of nitrogens with one attached hydrogen (secondary N) is 1. The zero-order valence-electron chi connectivity index (χ0n) is 15.2. The molecule has 2 heterocycles. The topological polar surface area (TPSA) is 111 Å². The van der Waals surface area contributed by atoms with Gasteiger partial charge in [-0.2, -0.15) is 0 Å². The highest BCUT2D eigenvalue weighted by atomic mass is 32.1. The van der Waals surface area contributed by atoms with Gasteiger partial charge in [-0.3, -0.25) is 20.2 Å². The fraction of sp³-hybridized carbons (Fsp3) is 0.0500. The van der Waals surface area contributed by atoms with Gasteiger partial charge in [0.2, 0.25) is 5.55 Å². The number of amides is 1. The second-order valence-corrected chi connectivity index (χ2v) is 7.03. The van der Waals surface area contributed by atoms with Crippen molar-refractivity contribution in [3.63, 3.8) is 0 Å². The molecule has 0 aliphatic carbocycles. The van der Waals surface area contributed by atoms with Crippen LogP contribution in [0.25, 0.3) is 11.0 Å². The molecule has 0 spiro atoms. The number of aryl methyl sites for hydroxylation is 1. The molecule has 0 aliphatic rings. The van der Waals surface area contributed by atoms with Crippen molar-refractivity contribution in [1.82, 2.24) is 4.98 Å². The number of nitrogens with zero attached hydrogens (tertiary/aromatic N) is 3. The summed E-state index contributed by atoms with van der Waals surface area (Å²) >= 11 is 1.27. The predicted octanol–water partition coefficient (Wildman–Crippen LogP) is 4.59. The first-order valence-electron chi connectivity index (χ1n) is 8.55. The first-order chi connectivity index (χ1) is 14.0. The Labute approximate surface area is 168 Å². The third kappa shape index (κ3) is 3.90. The molecular formula is C20H14N4O4S. The van der Waals surface area contributed by atoms with Crippen LogP contribution in [0.2, 0.25) is 0 Å². The van der Waals surface area contributed by atoms with Crippen LogP contribution < -0.4 is 10.9 Å². The van der Waals surface area contributed by atoms with Gasteiger partial charge in [0.05, 0.1) is 10.6 Å². The second kappa shape index (κ2) is 7.64. The minimum absolute atomic E-state index is 0.0948. The quantitative estimate of drug-likeness (QED) is 0.394. The number of rotatable bonds is 4. The van der Waals surface area contributed by atoms with E-state index < -0.39 is 10.8 Å². The summed E-state index contributed by atoms with van der Waals surface area (Å²) in [5.74, 6) is -0.468. The average molecular weight is 406 g/mol. The van der Waals surface area contributed by atoms with Crippen molar-refractivity contribution in [2.75, 3.05) is 5.32 Å². The van der Waals surface area contributed by atoms with Crippen LogP contribution >= 0.6 is 11.3 Å². The number of carbonyl (C=O) groups is 1. The monoisotopic (exact) mass is 406 g/mol. The van der Waals surface area contributed by atoms with Crippen LogP contribution in [-0.2, 0) is 0 Å². The SMILES string of the molecule is Cc1ccccc1N=c1oc2ccc([N+](=O)[O-])cc2cc1C(=O)Nc1nccs1. The average Bonchev–Trinajstić information content (AvgIpc) is 3.21. The van der Waals surface area contributed by atoms with Crippen LogP contribution in [0.3, 0.4) is 0 Å². The van der Waals surface area contributed by atoms with Gasteiger partial charge in [0.25, 0.3) is 11.6 Å². The summed E-state index contributed by atoms with van der Waals surface area (Å²) in [6, 6.07) is 13.2. The van der Waals surface area contributed by atoms with Gasteiger partial charge in [-0.05, 0) is 30.7 Å². The van der Waals surface area contributed by atoms with Crippen molar-refractivity contribution in [2.45, 2.75) is 6.92 Å². The Morgan fingerprint density at radius 1 is 1.24 bits per heavy atom. The number of hydrogen-bond acceptors (Lipinski definition) is 7. The number of aromatic nitrogens is 1. The molecule has 2 aromatic heterocycles. The van der Waals surface area contributed by atoms with Gasteiger partial charge in [0.15, 0.2) is 5.13 Å². The first kappa shape index (κ1) is 18.5. The second-order valence-electron chi connectivity index (χ2n) is 6.13. The minimum atomic E-state index is -0.500. The van der Waals surface area contributed by atoms with E-state index in [1.54, 1.807) is 11.6 Å². The number of nitro benzene ring substituents is 1. The Bertz CT molecular complexity index is 1300. The molecule has 0 fully saturated rings. The number of fused-ring (bicyclic) bond motifs is 1. The molecule has 0 atom stereocenters. The molecule has 0 bridgehead atoms. The lowest BCUT2D eigenvalue weighted by molar-refractivity contribution is -0.384. The lowest BCUT2D eigenvalue weighted by Gasteiger charge is -2.06. The third-order valence-electron chi connectivity index (χ3n) is 4.18. The van der Waals surface area contributed by atoms with E-state index in [1.807, 2.05) is 31.2 Å². The molecule has 29 heavy (non-hydrogen) atoms. The van der Waals surface area contributed by atoms with E-state index in [-0.39, 0.29) is 16.8 Å². The normalized spacial score (nSPS) is 11.6. The number of benzene rings is 2. The van der Waals surface area contributed by atoms with E-state index >= 15 is 0 Å². The van der Waals surface area contributed by atoms with Gasteiger partial charge in [0.1, 0.15) is 11.1 Å². The van der Waals surface area contributed by atoms with Gasteiger partial charge in [0, 0.05) is 29.1 Å². The molecule has 1 amide bonds. The summed E-state index contributed by atoms with van der Waals surface area (Å²) in [5.41, 5.74) is 2.11. The first-order valence-corrected chi connectivity index (χ1v) is 9.43. The molecule has 0 saturated carbocycles. The Balaban J connectivity index is 1.92. The number of hydrogen-bond donors (Lipinski definition) is 1. The molecule has 4 aromatic rings. The fourth-order valence-electron chi connectivity index (χ4n) is 2.73. The van der Waals surface area contributed by atoms with E-state index in [9.17, 15) is 14.9 Å². The largest absolute Gasteiger partial charge is 0.438 e.